The molecule has 6 heteroatoms. The number of nitrogens with zero attached hydrogens (tertiary/aromatic N) is 3. The van der Waals surface area contributed by atoms with Gasteiger partial charge < -0.3 is 15.5 Å². The van der Waals surface area contributed by atoms with Gasteiger partial charge in [-0.15, -0.1) is 0 Å². The molecule has 2 aromatic rings. The lowest BCUT2D eigenvalue weighted by molar-refractivity contribution is -0.115. The highest BCUT2D eigenvalue weighted by molar-refractivity contribution is 5.95. The Kier molecular flexibility index (Phi) is 6.57. The summed E-state index contributed by atoms with van der Waals surface area (Å²) in [6.07, 6.45) is 4.76. The maximum Gasteiger partial charge on any atom is 0.238 e. The monoisotopic (exact) mass is 353 g/mol. The third-order valence-electron chi connectivity index (χ3n) is 4.69. The first-order valence-electron chi connectivity index (χ1n) is 9.16. The standard InChI is InChI=1S/C20H27N5O/c1-21-16-20(26)23-18-4-2-3-5-19(18)25-14-12-24(13-15-25)11-8-17-6-9-22-10-7-17/h2-7,9-10,21H,8,11-16H2,1H3,(H,23,26). The average Bonchev–Trinajstić information content (AvgIpc) is 2.68. The van der Waals surface area contributed by atoms with Gasteiger partial charge in [-0.2, -0.15) is 0 Å². The van der Waals surface area contributed by atoms with E-state index in [0.717, 1.165) is 50.5 Å². The minimum Gasteiger partial charge on any atom is -0.367 e. The third kappa shape index (κ3) is 5.03. The topological polar surface area (TPSA) is 60.5 Å². The van der Waals surface area contributed by atoms with Gasteiger partial charge >= 0.3 is 0 Å². The van der Waals surface area contributed by atoms with Crippen molar-refractivity contribution in [2.45, 2.75) is 6.42 Å². The predicted octanol–water partition coefficient (Wildman–Crippen LogP) is 1.60. The SMILES string of the molecule is CNCC(=O)Nc1ccccc1N1CCN(CCc2ccncc2)CC1. The molecule has 0 atom stereocenters. The van der Waals surface area contributed by atoms with Crippen LogP contribution in [0.25, 0.3) is 0 Å². The molecule has 0 bridgehead atoms. The van der Waals surface area contributed by atoms with Crippen molar-refractivity contribution < 1.29 is 4.79 Å². The Morgan fingerprint density at radius 1 is 1.08 bits per heavy atom. The Bertz CT molecular complexity index is 698. The number of piperazine rings is 1. The maximum atomic E-state index is 11.9. The van der Waals surface area contributed by atoms with E-state index in [1.54, 1.807) is 7.05 Å². The number of aromatic nitrogens is 1. The zero-order valence-corrected chi connectivity index (χ0v) is 15.3. The fourth-order valence-corrected chi connectivity index (χ4v) is 3.26. The van der Waals surface area contributed by atoms with Crippen LogP contribution in [0.4, 0.5) is 11.4 Å². The van der Waals surface area contributed by atoms with Crippen molar-refractivity contribution in [3.8, 4) is 0 Å². The van der Waals surface area contributed by atoms with E-state index in [1.165, 1.54) is 5.56 Å². The summed E-state index contributed by atoms with van der Waals surface area (Å²) < 4.78 is 0. The van der Waals surface area contributed by atoms with Crippen LogP contribution in [0.15, 0.2) is 48.8 Å². The second-order valence-electron chi connectivity index (χ2n) is 6.53. The molecule has 0 aliphatic carbocycles. The summed E-state index contributed by atoms with van der Waals surface area (Å²) in [6, 6.07) is 12.2. The molecule has 6 nitrogen and oxygen atoms in total. The first kappa shape index (κ1) is 18.4. The molecule has 0 radical (unpaired) electrons. The number of pyridine rings is 1. The van der Waals surface area contributed by atoms with Crippen LogP contribution in [0.2, 0.25) is 0 Å². The van der Waals surface area contributed by atoms with Crippen molar-refractivity contribution in [3.05, 3.63) is 54.4 Å². The lowest BCUT2D eigenvalue weighted by Gasteiger charge is -2.37. The molecule has 0 unspecified atom stereocenters. The largest absolute Gasteiger partial charge is 0.367 e. The number of nitrogens with one attached hydrogen (secondary N) is 2. The van der Waals surface area contributed by atoms with Crippen LogP contribution in [-0.2, 0) is 11.2 Å². The highest BCUT2D eigenvalue weighted by Gasteiger charge is 2.19. The lowest BCUT2D eigenvalue weighted by Crippen LogP contribution is -2.47. The first-order valence-corrected chi connectivity index (χ1v) is 9.16. The number of carbonyl (C=O) groups excluding carboxylic acids is 1. The second kappa shape index (κ2) is 9.31. The summed E-state index contributed by atoms with van der Waals surface area (Å²) in [7, 11) is 1.77. The number of hydrogen-bond acceptors (Lipinski definition) is 5. The van der Waals surface area contributed by atoms with Gasteiger partial charge in [0.05, 0.1) is 17.9 Å². The number of para-hydroxylation sites is 2. The van der Waals surface area contributed by atoms with Crippen LogP contribution in [0, 0.1) is 0 Å². The Morgan fingerprint density at radius 3 is 2.54 bits per heavy atom. The Labute approximate surface area is 155 Å². The molecule has 0 saturated carbocycles. The summed E-state index contributed by atoms with van der Waals surface area (Å²) in [5, 5.41) is 5.89. The van der Waals surface area contributed by atoms with Crippen molar-refractivity contribution in [2.24, 2.45) is 0 Å². The first-order chi connectivity index (χ1) is 12.8. The molecule has 1 aromatic heterocycles. The number of amides is 1. The molecule has 3 rings (SSSR count). The second-order valence-corrected chi connectivity index (χ2v) is 6.53. The van der Waals surface area contributed by atoms with Gasteiger partial charge in [-0.1, -0.05) is 12.1 Å². The van der Waals surface area contributed by atoms with Crippen LogP contribution in [0.5, 0.6) is 0 Å². The third-order valence-corrected chi connectivity index (χ3v) is 4.69. The molecule has 0 spiro atoms. The molecule has 1 aliphatic heterocycles. The zero-order valence-electron chi connectivity index (χ0n) is 15.3. The van der Waals surface area contributed by atoms with Crippen molar-refractivity contribution >= 4 is 17.3 Å². The summed E-state index contributed by atoms with van der Waals surface area (Å²) in [6.45, 7) is 5.38. The average molecular weight is 353 g/mol. The summed E-state index contributed by atoms with van der Waals surface area (Å²) in [4.78, 5) is 20.8. The molecule has 2 heterocycles. The summed E-state index contributed by atoms with van der Waals surface area (Å²) in [5.41, 5.74) is 3.32. The number of hydrogen-bond donors (Lipinski definition) is 2. The van der Waals surface area contributed by atoms with Crippen LogP contribution < -0.4 is 15.5 Å². The van der Waals surface area contributed by atoms with E-state index in [1.807, 2.05) is 30.6 Å². The Hall–Kier alpha value is -2.44. The molecule has 1 fully saturated rings. The molecule has 1 saturated heterocycles. The quantitative estimate of drug-likeness (QED) is 0.792. The normalized spacial score (nSPS) is 15.0. The number of anilines is 2. The van der Waals surface area contributed by atoms with Crippen molar-refractivity contribution in [2.75, 3.05) is 56.5 Å². The minimum atomic E-state index is -0.0177. The van der Waals surface area contributed by atoms with Crippen molar-refractivity contribution in [3.63, 3.8) is 0 Å². The van der Waals surface area contributed by atoms with Crippen molar-refractivity contribution in [1.29, 1.82) is 0 Å². The van der Waals surface area contributed by atoms with Gasteiger partial charge in [0.2, 0.25) is 5.91 Å². The zero-order chi connectivity index (χ0) is 18.2. The summed E-state index contributed by atoms with van der Waals surface area (Å²) >= 11 is 0. The van der Waals surface area contributed by atoms with Gasteiger partial charge in [0, 0.05) is 45.1 Å². The highest BCUT2D eigenvalue weighted by atomic mass is 16.1. The fraction of sp³-hybridized carbons (Fsp3) is 0.400. The van der Waals surface area contributed by atoms with Crippen LogP contribution in [0.1, 0.15) is 5.56 Å². The van der Waals surface area contributed by atoms with E-state index in [2.05, 4.69) is 43.6 Å². The van der Waals surface area contributed by atoms with E-state index in [4.69, 9.17) is 0 Å². The van der Waals surface area contributed by atoms with Gasteiger partial charge in [-0.3, -0.25) is 14.7 Å². The Balaban J connectivity index is 1.54. The molecule has 1 aromatic carbocycles. The van der Waals surface area contributed by atoms with E-state index < -0.39 is 0 Å². The van der Waals surface area contributed by atoms with Crippen molar-refractivity contribution in [1.82, 2.24) is 15.2 Å². The van der Waals surface area contributed by atoms with E-state index in [9.17, 15) is 4.79 Å². The summed E-state index contributed by atoms with van der Waals surface area (Å²) in [5.74, 6) is -0.0177. The van der Waals surface area contributed by atoms with Gasteiger partial charge in [-0.25, -0.2) is 0 Å². The number of carbonyl (C=O) groups is 1. The van der Waals surface area contributed by atoms with Gasteiger partial charge in [0.25, 0.3) is 0 Å². The van der Waals surface area contributed by atoms with E-state index >= 15 is 0 Å². The number of rotatable bonds is 7. The molecule has 26 heavy (non-hydrogen) atoms. The number of likely N-dealkylation sites (N-methyl/N-ethyl adjacent to an activating group) is 1. The van der Waals surface area contributed by atoms with Gasteiger partial charge in [0.15, 0.2) is 0 Å². The number of benzene rings is 1. The maximum absolute atomic E-state index is 11.9. The fourth-order valence-electron chi connectivity index (χ4n) is 3.26. The molecule has 2 N–H and O–H groups in total. The van der Waals surface area contributed by atoms with E-state index in [-0.39, 0.29) is 5.91 Å². The molecule has 138 valence electrons. The van der Waals surface area contributed by atoms with Crippen LogP contribution in [-0.4, -0.2) is 62.1 Å². The molecular formula is C20H27N5O. The molecular weight excluding hydrogens is 326 g/mol. The Morgan fingerprint density at radius 2 is 1.81 bits per heavy atom. The predicted molar refractivity (Wildman–Crippen MR) is 106 cm³/mol. The highest BCUT2D eigenvalue weighted by Crippen LogP contribution is 2.26. The lowest BCUT2D eigenvalue weighted by atomic mass is 10.1. The van der Waals surface area contributed by atoms with Crippen LogP contribution >= 0.6 is 0 Å². The van der Waals surface area contributed by atoms with E-state index in [0.29, 0.717) is 6.54 Å². The molecule has 1 amide bonds. The van der Waals surface area contributed by atoms with Gasteiger partial charge in [-0.05, 0) is 43.3 Å². The molecule has 1 aliphatic rings. The smallest absolute Gasteiger partial charge is 0.238 e. The van der Waals surface area contributed by atoms with Crippen LogP contribution in [0.3, 0.4) is 0 Å². The van der Waals surface area contributed by atoms with Gasteiger partial charge in [0.1, 0.15) is 0 Å². The minimum absolute atomic E-state index is 0.0177.